The molecule has 4 nitrogen and oxygen atoms in total. The predicted octanol–water partition coefficient (Wildman–Crippen LogP) is 0.0303. The third-order valence-corrected chi connectivity index (χ3v) is 3.28. The minimum absolute atomic E-state index is 0.226. The Bertz CT molecular complexity index is 217. The second-order valence-corrected chi connectivity index (χ2v) is 4.70. The van der Waals surface area contributed by atoms with Crippen LogP contribution < -0.4 is 11.3 Å². The van der Waals surface area contributed by atoms with Gasteiger partial charge in [-0.2, -0.15) is 0 Å². The fourth-order valence-electron chi connectivity index (χ4n) is 2.04. The smallest absolute Gasteiger partial charge is 0.0429 e. The molecule has 0 saturated carbocycles. The van der Waals surface area contributed by atoms with Crippen molar-refractivity contribution in [1.29, 1.82) is 0 Å². The molecule has 0 bridgehead atoms. The average Bonchev–Trinajstić information content (AvgIpc) is 2.18. The van der Waals surface area contributed by atoms with Gasteiger partial charge in [0.1, 0.15) is 0 Å². The summed E-state index contributed by atoms with van der Waals surface area (Å²) in [6.45, 7) is 9.39. The summed E-state index contributed by atoms with van der Waals surface area (Å²) in [5.41, 5.74) is 3.95. The Labute approximate surface area is 93.1 Å². The van der Waals surface area contributed by atoms with Gasteiger partial charge in [-0.1, -0.05) is 12.2 Å². The van der Waals surface area contributed by atoms with Crippen LogP contribution in [0.15, 0.2) is 12.2 Å². The van der Waals surface area contributed by atoms with E-state index in [0.29, 0.717) is 6.04 Å². The van der Waals surface area contributed by atoms with E-state index in [2.05, 4.69) is 35.9 Å². The van der Waals surface area contributed by atoms with E-state index in [0.717, 1.165) is 31.6 Å². The van der Waals surface area contributed by atoms with Crippen LogP contribution in [0.2, 0.25) is 0 Å². The molecule has 2 unspecified atom stereocenters. The van der Waals surface area contributed by atoms with E-state index < -0.39 is 0 Å². The molecule has 0 radical (unpaired) electrons. The molecule has 4 heteroatoms. The van der Waals surface area contributed by atoms with Crippen molar-refractivity contribution in [3.63, 3.8) is 0 Å². The van der Waals surface area contributed by atoms with Gasteiger partial charge in [0, 0.05) is 31.7 Å². The number of hydrogen-bond donors (Lipinski definition) is 2. The van der Waals surface area contributed by atoms with E-state index >= 15 is 0 Å². The number of nitrogens with zero attached hydrogens (tertiary/aromatic N) is 2. The maximum Gasteiger partial charge on any atom is 0.0429 e. The fourth-order valence-corrected chi connectivity index (χ4v) is 2.04. The zero-order valence-electron chi connectivity index (χ0n) is 10.2. The largest absolute Gasteiger partial charge is 0.304 e. The van der Waals surface area contributed by atoms with Gasteiger partial charge in [-0.05, 0) is 27.4 Å². The highest BCUT2D eigenvalue weighted by atomic mass is 15.3. The monoisotopic (exact) mass is 212 g/mol. The number of piperazine rings is 1. The lowest BCUT2D eigenvalue weighted by Crippen LogP contribution is -2.52. The zero-order chi connectivity index (χ0) is 11.4. The number of hydrogen-bond acceptors (Lipinski definition) is 4. The van der Waals surface area contributed by atoms with Crippen molar-refractivity contribution >= 4 is 0 Å². The Hall–Kier alpha value is -0.420. The lowest BCUT2D eigenvalue weighted by molar-refractivity contribution is 0.104. The summed E-state index contributed by atoms with van der Waals surface area (Å²) in [6, 6.07) is 0.797. The maximum atomic E-state index is 5.53. The second kappa shape index (κ2) is 5.61. The SMILES string of the molecule is C=C(C)C(CC1CN(C)CCN1C)NN. The minimum Gasteiger partial charge on any atom is -0.304 e. The van der Waals surface area contributed by atoms with Gasteiger partial charge >= 0.3 is 0 Å². The minimum atomic E-state index is 0.226. The first-order valence-corrected chi connectivity index (χ1v) is 5.55. The van der Waals surface area contributed by atoms with E-state index in [4.69, 9.17) is 5.84 Å². The second-order valence-electron chi connectivity index (χ2n) is 4.70. The van der Waals surface area contributed by atoms with Crippen molar-refractivity contribution in [2.75, 3.05) is 33.7 Å². The molecule has 15 heavy (non-hydrogen) atoms. The molecule has 1 aliphatic rings. The summed E-state index contributed by atoms with van der Waals surface area (Å²) < 4.78 is 0. The van der Waals surface area contributed by atoms with Gasteiger partial charge in [0.25, 0.3) is 0 Å². The Morgan fingerprint density at radius 3 is 2.73 bits per heavy atom. The highest BCUT2D eigenvalue weighted by Gasteiger charge is 2.24. The highest BCUT2D eigenvalue weighted by molar-refractivity contribution is 5.02. The fraction of sp³-hybridized carbons (Fsp3) is 0.818. The number of likely N-dealkylation sites (N-methyl/N-ethyl adjacent to an activating group) is 2. The van der Waals surface area contributed by atoms with Crippen molar-refractivity contribution < 1.29 is 0 Å². The highest BCUT2D eigenvalue weighted by Crippen LogP contribution is 2.14. The van der Waals surface area contributed by atoms with Crippen molar-refractivity contribution in [2.45, 2.75) is 25.4 Å². The van der Waals surface area contributed by atoms with Crippen molar-refractivity contribution in [3.05, 3.63) is 12.2 Å². The first-order chi connectivity index (χ1) is 7.04. The van der Waals surface area contributed by atoms with E-state index in [-0.39, 0.29) is 6.04 Å². The summed E-state index contributed by atoms with van der Waals surface area (Å²) in [4.78, 5) is 4.78. The van der Waals surface area contributed by atoms with Gasteiger partial charge in [-0.3, -0.25) is 11.3 Å². The third kappa shape index (κ3) is 3.57. The van der Waals surface area contributed by atoms with Crippen LogP contribution in [-0.2, 0) is 0 Å². The molecule has 88 valence electrons. The van der Waals surface area contributed by atoms with E-state index in [9.17, 15) is 0 Å². The molecule has 3 N–H and O–H groups in total. The molecule has 0 aromatic rings. The molecular weight excluding hydrogens is 188 g/mol. The van der Waals surface area contributed by atoms with Gasteiger partial charge in [-0.25, -0.2) is 0 Å². The topological polar surface area (TPSA) is 44.5 Å². The Morgan fingerprint density at radius 1 is 1.53 bits per heavy atom. The molecule has 1 rings (SSSR count). The van der Waals surface area contributed by atoms with E-state index in [1.807, 2.05) is 6.92 Å². The molecule has 0 aromatic heterocycles. The van der Waals surface area contributed by atoms with Crippen LogP contribution in [0.4, 0.5) is 0 Å². The summed E-state index contributed by atoms with van der Waals surface area (Å²) in [5, 5.41) is 0. The van der Waals surface area contributed by atoms with Gasteiger partial charge in [0.2, 0.25) is 0 Å². The maximum absolute atomic E-state index is 5.53. The number of nitrogens with one attached hydrogen (secondary N) is 1. The molecule has 0 aliphatic carbocycles. The predicted molar refractivity (Wildman–Crippen MR) is 64.5 cm³/mol. The van der Waals surface area contributed by atoms with E-state index in [1.54, 1.807) is 0 Å². The molecule has 0 amide bonds. The lowest BCUT2D eigenvalue weighted by atomic mass is 9.99. The summed E-state index contributed by atoms with van der Waals surface area (Å²) >= 11 is 0. The van der Waals surface area contributed by atoms with Crippen LogP contribution in [-0.4, -0.2) is 55.6 Å². The first kappa shape index (κ1) is 12.6. The van der Waals surface area contributed by atoms with Gasteiger partial charge < -0.3 is 9.80 Å². The summed E-state index contributed by atoms with van der Waals surface area (Å²) in [6.07, 6.45) is 1.03. The molecule has 2 atom stereocenters. The molecule has 1 fully saturated rings. The van der Waals surface area contributed by atoms with Crippen LogP contribution in [0.25, 0.3) is 0 Å². The number of hydrazine groups is 1. The molecule has 0 spiro atoms. The molecule has 1 aliphatic heterocycles. The average molecular weight is 212 g/mol. The first-order valence-electron chi connectivity index (χ1n) is 5.55. The van der Waals surface area contributed by atoms with Crippen molar-refractivity contribution in [1.82, 2.24) is 15.2 Å². The van der Waals surface area contributed by atoms with Crippen LogP contribution in [0, 0.1) is 0 Å². The summed E-state index contributed by atoms with van der Waals surface area (Å²) in [7, 11) is 4.36. The quantitative estimate of drug-likeness (QED) is 0.392. The third-order valence-electron chi connectivity index (χ3n) is 3.28. The Balaban J connectivity index is 2.50. The molecule has 0 aromatic carbocycles. The molecule has 1 saturated heterocycles. The number of rotatable bonds is 4. The molecular formula is C11H24N4. The molecule has 1 heterocycles. The lowest BCUT2D eigenvalue weighted by Gasteiger charge is -2.39. The van der Waals surface area contributed by atoms with Crippen molar-refractivity contribution in [2.24, 2.45) is 5.84 Å². The van der Waals surface area contributed by atoms with Crippen molar-refractivity contribution in [3.8, 4) is 0 Å². The van der Waals surface area contributed by atoms with Crippen LogP contribution in [0.3, 0.4) is 0 Å². The van der Waals surface area contributed by atoms with Gasteiger partial charge in [-0.15, -0.1) is 0 Å². The normalized spacial score (nSPS) is 26.5. The zero-order valence-corrected chi connectivity index (χ0v) is 10.2. The summed E-state index contributed by atoms with van der Waals surface area (Å²) in [5.74, 6) is 5.53. The number of nitrogens with two attached hydrogens (primary N) is 1. The Morgan fingerprint density at radius 2 is 2.20 bits per heavy atom. The van der Waals surface area contributed by atoms with Crippen LogP contribution in [0.5, 0.6) is 0 Å². The van der Waals surface area contributed by atoms with Crippen LogP contribution in [0.1, 0.15) is 13.3 Å². The van der Waals surface area contributed by atoms with Gasteiger partial charge in [0.15, 0.2) is 0 Å². The van der Waals surface area contributed by atoms with Gasteiger partial charge in [0.05, 0.1) is 0 Å². The Kier molecular flexibility index (Phi) is 4.73. The van der Waals surface area contributed by atoms with Crippen LogP contribution >= 0.6 is 0 Å². The van der Waals surface area contributed by atoms with E-state index in [1.165, 1.54) is 0 Å². The standard InChI is InChI=1S/C11H24N4/c1-9(2)11(13-12)7-10-8-14(3)5-6-15(10)4/h10-11,13H,1,5-8,12H2,2-4H3.